The molecule has 1 N–H and O–H groups in total. The molecule has 18 heavy (non-hydrogen) atoms. The van der Waals surface area contributed by atoms with Gasteiger partial charge in [0.1, 0.15) is 0 Å². The van der Waals surface area contributed by atoms with Crippen LogP contribution in [-0.4, -0.2) is 16.3 Å². The summed E-state index contributed by atoms with van der Waals surface area (Å²) in [6.07, 6.45) is 1.24. The quantitative estimate of drug-likeness (QED) is 0.839. The fourth-order valence-corrected chi connectivity index (χ4v) is 2.51. The molecule has 1 atom stereocenters. The molecule has 0 amide bonds. The van der Waals surface area contributed by atoms with Crippen LogP contribution in [0.25, 0.3) is 0 Å². The minimum absolute atomic E-state index is 0.316. The molecule has 3 nitrogen and oxygen atoms in total. The molecule has 0 fully saturated rings. The molecule has 0 aliphatic carbocycles. The monoisotopic (exact) mass is 251 g/mol. The highest BCUT2D eigenvalue weighted by molar-refractivity contribution is 5.11. The van der Waals surface area contributed by atoms with Gasteiger partial charge in [-0.1, -0.05) is 27.7 Å². The first-order chi connectivity index (χ1) is 8.21. The van der Waals surface area contributed by atoms with Crippen molar-refractivity contribution in [2.24, 2.45) is 18.4 Å². The third kappa shape index (κ3) is 4.45. The van der Waals surface area contributed by atoms with E-state index in [1.807, 2.05) is 11.7 Å². The number of nitrogens with zero attached hydrogens (tertiary/aromatic N) is 2. The van der Waals surface area contributed by atoms with E-state index >= 15 is 0 Å². The number of hydrogen-bond donors (Lipinski definition) is 1. The third-order valence-electron chi connectivity index (χ3n) is 3.42. The number of nitrogens with one attached hydrogen (secondary N) is 1. The van der Waals surface area contributed by atoms with Gasteiger partial charge in [-0.15, -0.1) is 0 Å². The van der Waals surface area contributed by atoms with Crippen LogP contribution in [0.3, 0.4) is 0 Å². The molecule has 0 bridgehead atoms. The van der Waals surface area contributed by atoms with E-state index in [9.17, 15) is 0 Å². The Kier molecular flexibility index (Phi) is 4.97. The zero-order valence-electron chi connectivity index (χ0n) is 13.0. The molecule has 1 heterocycles. The van der Waals surface area contributed by atoms with Crippen molar-refractivity contribution in [2.75, 3.05) is 6.54 Å². The van der Waals surface area contributed by atoms with Gasteiger partial charge >= 0.3 is 0 Å². The lowest BCUT2D eigenvalue weighted by Gasteiger charge is -2.28. The van der Waals surface area contributed by atoms with Crippen molar-refractivity contribution in [3.8, 4) is 0 Å². The van der Waals surface area contributed by atoms with Crippen LogP contribution in [0, 0.1) is 18.3 Å². The molecular weight excluding hydrogens is 222 g/mol. The Balaban J connectivity index is 2.53. The Morgan fingerprint density at radius 3 is 2.39 bits per heavy atom. The van der Waals surface area contributed by atoms with E-state index in [4.69, 9.17) is 0 Å². The van der Waals surface area contributed by atoms with Gasteiger partial charge < -0.3 is 5.32 Å². The van der Waals surface area contributed by atoms with Gasteiger partial charge in [0.2, 0.25) is 0 Å². The molecule has 0 aromatic carbocycles. The normalized spacial score (nSPS) is 14.2. The maximum atomic E-state index is 4.53. The molecule has 0 radical (unpaired) electrons. The van der Waals surface area contributed by atoms with E-state index in [0.29, 0.717) is 11.5 Å². The Bertz CT molecular complexity index is 358. The van der Waals surface area contributed by atoms with Gasteiger partial charge in [0.15, 0.2) is 0 Å². The predicted molar refractivity (Wildman–Crippen MR) is 77.6 cm³/mol. The largest absolute Gasteiger partial charge is 0.308 e. The maximum Gasteiger partial charge on any atom is 0.0793 e. The highest BCUT2D eigenvalue weighted by Gasteiger charge is 2.21. The minimum atomic E-state index is 0.316. The van der Waals surface area contributed by atoms with E-state index in [1.165, 1.54) is 12.1 Å². The van der Waals surface area contributed by atoms with Crippen LogP contribution in [0.4, 0.5) is 0 Å². The highest BCUT2D eigenvalue weighted by Crippen LogP contribution is 2.25. The molecular formula is C15H29N3. The van der Waals surface area contributed by atoms with Crippen molar-refractivity contribution < 1.29 is 0 Å². The molecule has 0 aliphatic heterocycles. The van der Waals surface area contributed by atoms with Crippen LogP contribution in [0.1, 0.15) is 58.5 Å². The number of rotatable bonds is 6. The van der Waals surface area contributed by atoms with Crippen molar-refractivity contribution in [2.45, 2.75) is 54.0 Å². The maximum absolute atomic E-state index is 4.53. The second kappa shape index (κ2) is 5.87. The van der Waals surface area contributed by atoms with E-state index in [0.717, 1.165) is 18.2 Å². The summed E-state index contributed by atoms with van der Waals surface area (Å²) in [4.78, 5) is 0. The number of aryl methyl sites for hydroxylation is 2. The van der Waals surface area contributed by atoms with Crippen LogP contribution in [0.2, 0.25) is 0 Å². The van der Waals surface area contributed by atoms with Gasteiger partial charge in [0.25, 0.3) is 0 Å². The first kappa shape index (κ1) is 15.2. The molecule has 1 rings (SSSR count). The zero-order chi connectivity index (χ0) is 13.9. The van der Waals surface area contributed by atoms with Gasteiger partial charge in [-0.3, -0.25) is 4.68 Å². The van der Waals surface area contributed by atoms with E-state index in [2.05, 4.69) is 58.0 Å². The summed E-state index contributed by atoms with van der Waals surface area (Å²) < 4.78 is 1.94. The summed E-state index contributed by atoms with van der Waals surface area (Å²) in [7, 11) is 1.99. The molecule has 104 valence electrons. The molecule has 1 aromatic heterocycles. The molecule has 0 spiro atoms. The van der Waals surface area contributed by atoms with Gasteiger partial charge in [-0.25, -0.2) is 0 Å². The lowest BCUT2D eigenvalue weighted by atomic mass is 9.84. The van der Waals surface area contributed by atoms with Crippen molar-refractivity contribution in [1.82, 2.24) is 15.1 Å². The van der Waals surface area contributed by atoms with Gasteiger partial charge in [-0.2, -0.15) is 5.10 Å². The zero-order valence-corrected chi connectivity index (χ0v) is 13.0. The van der Waals surface area contributed by atoms with Gasteiger partial charge in [-0.05, 0) is 37.7 Å². The van der Waals surface area contributed by atoms with Crippen LogP contribution in [0.5, 0.6) is 0 Å². The molecule has 0 aliphatic rings. The lowest BCUT2D eigenvalue weighted by molar-refractivity contribution is 0.263. The third-order valence-corrected chi connectivity index (χ3v) is 3.42. The summed E-state index contributed by atoms with van der Waals surface area (Å²) in [6, 6.07) is 2.48. The molecule has 3 heteroatoms. The smallest absolute Gasteiger partial charge is 0.0793 e. The van der Waals surface area contributed by atoms with Crippen LogP contribution < -0.4 is 5.32 Å². The molecule has 0 saturated carbocycles. The van der Waals surface area contributed by atoms with Crippen molar-refractivity contribution in [3.63, 3.8) is 0 Å². The Labute approximate surface area is 112 Å². The van der Waals surface area contributed by atoms with Crippen molar-refractivity contribution in [3.05, 3.63) is 17.5 Å². The highest BCUT2D eigenvalue weighted by atomic mass is 15.3. The molecule has 0 unspecified atom stereocenters. The predicted octanol–water partition coefficient (Wildman–Crippen LogP) is 3.45. The molecule has 0 saturated heterocycles. The first-order valence-corrected chi connectivity index (χ1v) is 6.95. The second-order valence-corrected chi connectivity index (χ2v) is 6.70. The van der Waals surface area contributed by atoms with E-state index < -0.39 is 0 Å². The summed E-state index contributed by atoms with van der Waals surface area (Å²) in [5.74, 6) is 0.745. The number of aromatic nitrogens is 2. The fraction of sp³-hybridized carbons (Fsp3) is 0.800. The topological polar surface area (TPSA) is 29.9 Å². The lowest BCUT2D eigenvalue weighted by Crippen LogP contribution is -2.32. The van der Waals surface area contributed by atoms with Crippen molar-refractivity contribution >= 4 is 0 Å². The summed E-state index contributed by atoms with van der Waals surface area (Å²) in [5, 5.41) is 8.14. The average molecular weight is 251 g/mol. The SMILES string of the molecule is Cc1cc([C@@H](C)NCC(C)(C)CC(C)C)nn1C. The Morgan fingerprint density at radius 2 is 1.94 bits per heavy atom. The summed E-state index contributed by atoms with van der Waals surface area (Å²) in [6.45, 7) is 14.5. The van der Waals surface area contributed by atoms with Crippen LogP contribution in [0.15, 0.2) is 6.07 Å². The minimum Gasteiger partial charge on any atom is -0.308 e. The summed E-state index contributed by atoms with van der Waals surface area (Å²) in [5.41, 5.74) is 2.68. The number of hydrogen-bond acceptors (Lipinski definition) is 2. The first-order valence-electron chi connectivity index (χ1n) is 6.95. The van der Waals surface area contributed by atoms with Crippen LogP contribution in [-0.2, 0) is 7.05 Å². The average Bonchev–Trinajstić information content (AvgIpc) is 2.54. The Morgan fingerprint density at radius 1 is 1.33 bits per heavy atom. The van der Waals surface area contributed by atoms with E-state index in [1.54, 1.807) is 0 Å². The van der Waals surface area contributed by atoms with Gasteiger partial charge in [0, 0.05) is 25.3 Å². The Hall–Kier alpha value is -0.830. The van der Waals surface area contributed by atoms with Crippen molar-refractivity contribution in [1.29, 1.82) is 0 Å². The van der Waals surface area contributed by atoms with Gasteiger partial charge in [0.05, 0.1) is 5.69 Å². The van der Waals surface area contributed by atoms with E-state index in [-0.39, 0.29) is 0 Å². The second-order valence-electron chi connectivity index (χ2n) is 6.70. The summed E-state index contributed by atoms with van der Waals surface area (Å²) >= 11 is 0. The van der Waals surface area contributed by atoms with Crippen LogP contribution >= 0.6 is 0 Å². The molecule has 1 aromatic rings. The fourth-order valence-electron chi connectivity index (χ4n) is 2.51. The standard InChI is InChI=1S/C15H29N3/c1-11(2)9-15(5,6)10-16-13(4)14-8-12(3)18(7)17-14/h8,11,13,16H,9-10H2,1-7H3/t13-/m1/s1.